The Kier molecular flexibility index (Phi) is 6.36. The predicted octanol–water partition coefficient (Wildman–Crippen LogP) is 2.11. The maximum atomic E-state index is 8.99. The molecule has 0 fully saturated rings. The number of thioether (sulfide) groups is 1. The maximum absolute atomic E-state index is 8.99. The molecule has 0 atom stereocenters. The van der Waals surface area contributed by atoms with Gasteiger partial charge >= 0.3 is 0 Å². The van der Waals surface area contributed by atoms with Crippen LogP contribution in [0, 0.1) is 13.8 Å². The number of aryl methyl sites for hydroxylation is 1. The first kappa shape index (κ1) is 16.5. The van der Waals surface area contributed by atoms with Gasteiger partial charge in [0.2, 0.25) is 0 Å². The van der Waals surface area contributed by atoms with Gasteiger partial charge in [0.05, 0.1) is 18.8 Å². The number of rotatable bonds is 7. The van der Waals surface area contributed by atoms with Crippen molar-refractivity contribution in [2.24, 2.45) is 0 Å². The molecule has 0 aromatic carbocycles. The molecule has 4 nitrogen and oxygen atoms in total. The van der Waals surface area contributed by atoms with Crippen LogP contribution in [0.4, 0.5) is 0 Å². The summed E-state index contributed by atoms with van der Waals surface area (Å²) in [5.74, 6) is 1.12. The van der Waals surface area contributed by atoms with Gasteiger partial charge in [-0.3, -0.25) is 4.68 Å². The average Bonchev–Trinajstić information content (AvgIpc) is 2.55. The normalized spacial score (nSPS) is 12.1. The minimum atomic E-state index is 0.136. The van der Waals surface area contributed by atoms with Crippen LogP contribution in [0.2, 0.25) is 0 Å². The number of nitrogens with zero attached hydrogens (tertiary/aromatic N) is 2. The van der Waals surface area contributed by atoms with Crippen LogP contribution in [0.5, 0.6) is 0 Å². The largest absolute Gasteiger partial charge is 0.394 e. The van der Waals surface area contributed by atoms with E-state index < -0.39 is 0 Å². The molecule has 0 saturated carbocycles. The fourth-order valence-electron chi connectivity index (χ4n) is 1.95. The van der Waals surface area contributed by atoms with E-state index in [2.05, 4.69) is 38.1 Å². The van der Waals surface area contributed by atoms with E-state index in [1.807, 2.05) is 23.4 Å². The van der Waals surface area contributed by atoms with Gasteiger partial charge in [0, 0.05) is 34.8 Å². The minimum Gasteiger partial charge on any atom is -0.394 e. The third kappa shape index (κ3) is 5.55. The first-order valence-corrected chi connectivity index (χ1v) is 7.82. The molecule has 0 spiro atoms. The Morgan fingerprint density at radius 1 is 1.32 bits per heavy atom. The summed E-state index contributed by atoms with van der Waals surface area (Å²) in [5.41, 5.74) is 3.47. The van der Waals surface area contributed by atoms with Crippen molar-refractivity contribution in [3.63, 3.8) is 0 Å². The van der Waals surface area contributed by atoms with Crippen molar-refractivity contribution in [3.05, 3.63) is 17.0 Å². The van der Waals surface area contributed by atoms with E-state index in [1.165, 1.54) is 5.56 Å². The number of aliphatic hydroxyl groups is 1. The van der Waals surface area contributed by atoms with Crippen LogP contribution in [0.1, 0.15) is 37.7 Å². The molecule has 1 heterocycles. The number of nitrogens with one attached hydrogen (secondary N) is 1. The van der Waals surface area contributed by atoms with Crippen LogP contribution in [-0.4, -0.2) is 38.5 Å². The Bertz CT molecular complexity index is 396. The van der Waals surface area contributed by atoms with Gasteiger partial charge in [-0.05, 0) is 13.8 Å². The van der Waals surface area contributed by atoms with Crippen LogP contribution in [0.15, 0.2) is 0 Å². The highest BCUT2D eigenvalue weighted by Crippen LogP contribution is 2.22. The van der Waals surface area contributed by atoms with Crippen molar-refractivity contribution in [1.29, 1.82) is 0 Å². The Morgan fingerprint density at radius 2 is 2.00 bits per heavy atom. The fourth-order valence-corrected chi connectivity index (χ4v) is 2.80. The summed E-state index contributed by atoms with van der Waals surface area (Å²) in [4.78, 5) is 0. The first-order chi connectivity index (χ1) is 8.85. The molecule has 0 unspecified atom stereocenters. The van der Waals surface area contributed by atoms with E-state index in [-0.39, 0.29) is 6.61 Å². The van der Waals surface area contributed by atoms with Crippen molar-refractivity contribution in [3.8, 4) is 0 Å². The maximum Gasteiger partial charge on any atom is 0.0644 e. The van der Waals surface area contributed by atoms with E-state index >= 15 is 0 Å². The van der Waals surface area contributed by atoms with Crippen LogP contribution in [0.3, 0.4) is 0 Å². The van der Waals surface area contributed by atoms with E-state index in [1.54, 1.807) is 0 Å². The van der Waals surface area contributed by atoms with Crippen LogP contribution < -0.4 is 5.32 Å². The molecule has 0 aliphatic heterocycles. The quantitative estimate of drug-likeness (QED) is 0.753. The second-order valence-corrected chi connectivity index (χ2v) is 7.66. The molecule has 1 rings (SSSR count). The molecule has 19 heavy (non-hydrogen) atoms. The first-order valence-electron chi connectivity index (χ1n) is 6.83. The van der Waals surface area contributed by atoms with E-state index in [4.69, 9.17) is 5.11 Å². The SMILES string of the molecule is Cc1nn(CCO)c(C)c1CNCCSC(C)(C)C. The lowest BCUT2D eigenvalue weighted by Crippen LogP contribution is -2.20. The number of hydrogen-bond donors (Lipinski definition) is 2. The molecule has 0 amide bonds. The Balaban J connectivity index is 2.41. The van der Waals surface area contributed by atoms with Crippen LogP contribution >= 0.6 is 11.8 Å². The third-order valence-electron chi connectivity index (χ3n) is 2.96. The highest BCUT2D eigenvalue weighted by molar-refractivity contribution is 8.00. The topological polar surface area (TPSA) is 50.1 Å². The molecule has 110 valence electrons. The molecular formula is C14H27N3OS. The summed E-state index contributed by atoms with van der Waals surface area (Å²) >= 11 is 1.97. The van der Waals surface area contributed by atoms with Gasteiger partial charge < -0.3 is 10.4 Å². The van der Waals surface area contributed by atoms with E-state index in [0.29, 0.717) is 11.3 Å². The molecule has 0 aliphatic rings. The molecule has 5 heteroatoms. The Morgan fingerprint density at radius 3 is 2.58 bits per heavy atom. The van der Waals surface area contributed by atoms with Gasteiger partial charge in [-0.2, -0.15) is 16.9 Å². The minimum absolute atomic E-state index is 0.136. The van der Waals surface area contributed by atoms with Gasteiger partial charge in [-0.15, -0.1) is 0 Å². The summed E-state index contributed by atoms with van der Waals surface area (Å²) in [6, 6.07) is 0. The van der Waals surface area contributed by atoms with Crippen molar-refractivity contribution >= 4 is 11.8 Å². The zero-order valence-electron chi connectivity index (χ0n) is 12.8. The Hall–Kier alpha value is -0.520. The van der Waals surface area contributed by atoms with E-state index in [0.717, 1.165) is 30.2 Å². The average molecular weight is 285 g/mol. The summed E-state index contributed by atoms with van der Waals surface area (Å²) in [6.07, 6.45) is 0. The molecule has 0 saturated heterocycles. The molecule has 1 aromatic heterocycles. The molecule has 0 bridgehead atoms. The standard InChI is InChI=1S/C14H27N3OS/c1-11-13(12(2)17(16-11)7-8-18)10-15-6-9-19-14(3,4)5/h15,18H,6-10H2,1-5H3. The van der Waals surface area contributed by atoms with Gasteiger partial charge in [-0.25, -0.2) is 0 Å². The molecule has 1 aromatic rings. The van der Waals surface area contributed by atoms with E-state index in [9.17, 15) is 0 Å². The summed E-state index contributed by atoms with van der Waals surface area (Å²) in [7, 11) is 0. The van der Waals surface area contributed by atoms with Crippen LogP contribution in [0.25, 0.3) is 0 Å². The lowest BCUT2D eigenvalue weighted by atomic mass is 10.2. The van der Waals surface area contributed by atoms with Crippen LogP contribution in [-0.2, 0) is 13.1 Å². The van der Waals surface area contributed by atoms with Crippen molar-refractivity contribution in [2.45, 2.75) is 52.5 Å². The zero-order chi connectivity index (χ0) is 14.5. The number of hydrogen-bond acceptors (Lipinski definition) is 4. The lowest BCUT2D eigenvalue weighted by molar-refractivity contribution is 0.267. The van der Waals surface area contributed by atoms with Gasteiger partial charge in [0.1, 0.15) is 0 Å². The van der Waals surface area contributed by atoms with Crippen molar-refractivity contribution < 1.29 is 5.11 Å². The summed E-state index contributed by atoms with van der Waals surface area (Å²) in [5, 5.41) is 16.9. The third-order valence-corrected chi connectivity index (χ3v) is 4.23. The second-order valence-electron chi connectivity index (χ2n) is 5.73. The summed E-state index contributed by atoms with van der Waals surface area (Å²) in [6.45, 7) is 13.4. The summed E-state index contributed by atoms with van der Waals surface area (Å²) < 4.78 is 2.22. The molecule has 2 N–H and O–H groups in total. The fraction of sp³-hybridized carbons (Fsp3) is 0.786. The Labute approximate surface area is 121 Å². The highest BCUT2D eigenvalue weighted by atomic mass is 32.2. The zero-order valence-corrected chi connectivity index (χ0v) is 13.6. The van der Waals surface area contributed by atoms with Gasteiger partial charge in [0.25, 0.3) is 0 Å². The molecule has 0 radical (unpaired) electrons. The number of aromatic nitrogens is 2. The van der Waals surface area contributed by atoms with Gasteiger partial charge in [-0.1, -0.05) is 20.8 Å². The second kappa shape index (κ2) is 7.31. The molecular weight excluding hydrogens is 258 g/mol. The molecule has 0 aliphatic carbocycles. The predicted molar refractivity (Wildman–Crippen MR) is 82.7 cm³/mol. The smallest absolute Gasteiger partial charge is 0.0644 e. The van der Waals surface area contributed by atoms with Crippen molar-refractivity contribution in [2.75, 3.05) is 18.9 Å². The number of aliphatic hydroxyl groups excluding tert-OH is 1. The van der Waals surface area contributed by atoms with Gasteiger partial charge in [0.15, 0.2) is 0 Å². The monoisotopic (exact) mass is 285 g/mol. The highest BCUT2D eigenvalue weighted by Gasteiger charge is 2.12. The van der Waals surface area contributed by atoms with Crippen molar-refractivity contribution in [1.82, 2.24) is 15.1 Å². The lowest BCUT2D eigenvalue weighted by Gasteiger charge is -2.17.